The summed E-state index contributed by atoms with van der Waals surface area (Å²) in [6.07, 6.45) is 7.05. The smallest absolute Gasteiger partial charge is 0.320 e. The van der Waals surface area contributed by atoms with Crippen LogP contribution in [0.15, 0.2) is 24.5 Å². The zero-order valence-electron chi connectivity index (χ0n) is 18.0. The first-order valence-corrected chi connectivity index (χ1v) is 12.2. The van der Waals surface area contributed by atoms with E-state index in [1.54, 1.807) is 6.20 Å². The van der Waals surface area contributed by atoms with Gasteiger partial charge in [0, 0.05) is 62.1 Å². The first-order chi connectivity index (χ1) is 15.8. The van der Waals surface area contributed by atoms with Gasteiger partial charge in [0.1, 0.15) is 10.6 Å². The summed E-state index contributed by atoms with van der Waals surface area (Å²) in [6, 6.07) is 4.07. The monoisotopic (exact) mass is 450 g/mol. The van der Waals surface area contributed by atoms with Gasteiger partial charge in [-0.3, -0.25) is 4.98 Å². The highest BCUT2D eigenvalue weighted by molar-refractivity contribution is 7.19. The number of amides is 2. The topological polar surface area (TPSA) is 74.7 Å². The van der Waals surface area contributed by atoms with Crippen LogP contribution in [0.4, 0.5) is 10.6 Å². The average molecular weight is 451 g/mol. The summed E-state index contributed by atoms with van der Waals surface area (Å²) in [7, 11) is 0. The van der Waals surface area contributed by atoms with E-state index < -0.39 is 0 Å². The minimum absolute atomic E-state index is 0.133. The lowest BCUT2D eigenvalue weighted by atomic mass is 10.1. The van der Waals surface area contributed by atoms with Gasteiger partial charge in [-0.05, 0) is 37.0 Å². The normalized spacial score (nSPS) is 18.9. The minimum atomic E-state index is 0.133. The number of nitrogens with zero attached hydrogens (tertiary/aromatic N) is 6. The van der Waals surface area contributed by atoms with Crippen LogP contribution in [0.2, 0.25) is 0 Å². The van der Waals surface area contributed by atoms with E-state index in [1.807, 2.05) is 39.5 Å². The molecule has 32 heavy (non-hydrogen) atoms. The van der Waals surface area contributed by atoms with Crippen LogP contribution in [0.25, 0.3) is 21.6 Å². The van der Waals surface area contributed by atoms with Crippen molar-refractivity contribution in [2.45, 2.75) is 19.3 Å². The number of fused-ring (bicyclic) bond motifs is 3. The molecule has 1 aliphatic carbocycles. The van der Waals surface area contributed by atoms with Gasteiger partial charge in [-0.2, -0.15) is 0 Å². The van der Waals surface area contributed by atoms with Gasteiger partial charge in [-0.15, -0.1) is 11.3 Å². The van der Waals surface area contributed by atoms with Crippen molar-refractivity contribution in [2.24, 2.45) is 0 Å². The van der Waals surface area contributed by atoms with Crippen molar-refractivity contribution in [3.8, 4) is 11.4 Å². The molecule has 8 nitrogen and oxygen atoms in total. The number of hydrogen-bond acceptors (Lipinski definition) is 7. The van der Waals surface area contributed by atoms with E-state index in [9.17, 15) is 4.79 Å². The fourth-order valence-corrected chi connectivity index (χ4v) is 6.15. The van der Waals surface area contributed by atoms with Crippen LogP contribution in [-0.4, -0.2) is 83.3 Å². The van der Waals surface area contributed by atoms with Gasteiger partial charge in [-0.1, -0.05) is 0 Å². The molecule has 0 spiro atoms. The standard InChI is InChI=1S/C23H26N6O2S/c30-23(29-11-13-31-14-12-29)28-9-7-27(8-10-28)21-19-17-4-1-5-18(17)32-22(19)26-20(25-21)16-3-2-6-24-15-16/h2-3,6,15H,1,4-5,7-14H2. The van der Waals surface area contributed by atoms with E-state index in [0.717, 1.165) is 48.0 Å². The molecule has 3 aliphatic rings. The zero-order valence-corrected chi connectivity index (χ0v) is 18.8. The number of thiophene rings is 1. The fraction of sp³-hybridized carbons (Fsp3) is 0.478. The molecular weight excluding hydrogens is 424 g/mol. The molecule has 9 heteroatoms. The number of pyridine rings is 1. The number of rotatable bonds is 2. The van der Waals surface area contributed by atoms with Crippen molar-refractivity contribution in [1.82, 2.24) is 24.8 Å². The molecule has 0 radical (unpaired) electrons. The molecule has 0 atom stereocenters. The minimum Gasteiger partial charge on any atom is -0.378 e. The van der Waals surface area contributed by atoms with Crippen molar-refractivity contribution in [3.05, 3.63) is 35.0 Å². The third-order valence-corrected chi connectivity index (χ3v) is 7.78. The molecule has 0 bridgehead atoms. The van der Waals surface area contributed by atoms with E-state index in [0.29, 0.717) is 39.4 Å². The van der Waals surface area contributed by atoms with Crippen molar-refractivity contribution in [2.75, 3.05) is 57.4 Å². The Morgan fingerprint density at radius 1 is 1.00 bits per heavy atom. The third kappa shape index (κ3) is 3.49. The predicted molar refractivity (Wildman–Crippen MR) is 124 cm³/mol. The van der Waals surface area contributed by atoms with Gasteiger partial charge >= 0.3 is 6.03 Å². The molecule has 0 N–H and O–H groups in total. The van der Waals surface area contributed by atoms with Gasteiger partial charge < -0.3 is 19.4 Å². The SMILES string of the molecule is O=C(N1CCOCC1)N1CCN(c2nc(-c3cccnc3)nc3sc4c(c23)CCC4)CC1. The number of piperazine rings is 1. The Labute approximate surface area is 190 Å². The molecule has 2 amide bonds. The number of urea groups is 1. The number of ether oxygens (including phenoxy) is 1. The highest BCUT2D eigenvalue weighted by Crippen LogP contribution is 2.41. The summed E-state index contributed by atoms with van der Waals surface area (Å²) in [5, 5.41) is 1.23. The van der Waals surface area contributed by atoms with Crippen LogP contribution < -0.4 is 4.90 Å². The van der Waals surface area contributed by atoms with Crippen molar-refractivity contribution >= 4 is 33.4 Å². The molecule has 5 heterocycles. The lowest BCUT2D eigenvalue weighted by molar-refractivity contribution is 0.0428. The Morgan fingerprint density at radius 3 is 2.59 bits per heavy atom. The van der Waals surface area contributed by atoms with Gasteiger partial charge in [0.2, 0.25) is 0 Å². The predicted octanol–water partition coefficient (Wildman–Crippen LogP) is 2.82. The number of carbonyl (C=O) groups excluding carboxylic acids is 1. The van der Waals surface area contributed by atoms with Gasteiger partial charge in [0.15, 0.2) is 5.82 Å². The molecule has 6 rings (SSSR count). The molecular formula is C23H26N6O2S. The van der Waals surface area contributed by atoms with Gasteiger partial charge in [0.25, 0.3) is 0 Å². The number of aryl methyl sites for hydroxylation is 2. The van der Waals surface area contributed by atoms with E-state index >= 15 is 0 Å². The van der Waals surface area contributed by atoms with Crippen LogP contribution in [-0.2, 0) is 17.6 Å². The Morgan fingerprint density at radius 2 is 1.81 bits per heavy atom. The molecule has 0 aromatic carbocycles. The summed E-state index contributed by atoms with van der Waals surface area (Å²) in [4.78, 5) is 35.9. The first-order valence-electron chi connectivity index (χ1n) is 11.4. The number of carbonyl (C=O) groups is 1. The van der Waals surface area contributed by atoms with Crippen LogP contribution >= 0.6 is 11.3 Å². The number of morpholine rings is 1. The summed E-state index contributed by atoms with van der Waals surface area (Å²) in [5.74, 6) is 1.75. The van der Waals surface area contributed by atoms with Gasteiger partial charge in [-0.25, -0.2) is 14.8 Å². The molecule has 2 aliphatic heterocycles. The number of aromatic nitrogens is 3. The average Bonchev–Trinajstić information content (AvgIpc) is 3.45. The summed E-state index contributed by atoms with van der Waals surface area (Å²) < 4.78 is 5.39. The molecule has 0 saturated carbocycles. The van der Waals surface area contributed by atoms with E-state index in [4.69, 9.17) is 14.7 Å². The summed E-state index contributed by atoms with van der Waals surface area (Å²) in [5.41, 5.74) is 2.37. The highest BCUT2D eigenvalue weighted by atomic mass is 32.1. The summed E-state index contributed by atoms with van der Waals surface area (Å²) >= 11 is 1.82. The lowest BCUT2D eigenvalue weighted by Crippen LogP contribution is -2.55. The van der Waals surface area contributed by atoms with Crippen molar-refractivity contribution < 1.29 is 9.53 Å². The zero-order chi connectivity index (χ0) is 21.5. The van der Waals surface area contributed by atoms with Crippen molar-refractivity contribution in [1.29, 1.82) is 0 Å². The van der Waals surface area contributed by atoms with Crippen LogP contribution in [0.1, 0.15) is 16.9 Å². The summed E-state index contributed by atoms with van der Waals surface area (Å²) in [6.45, 7) is 5.59. The fourth-order valence-electron chi connectivity index (χ4n) is 4.89. The Hall–Kier alpha value is -2.78. The Kier molecular flexibility index (Phi) is 5.15. The molecule has 3 aromatic heterocycles. The van der Waals surface area contributed by atoms with E-state index in [1.165, 1.54) is 22.2 Å². The van der Waals surface area contributed by atoms with E-state index in [2.05, 4.69) is 9.88 Å². The maximum Gasteiger partial charge on any atom is 0.320 e. The number of hydrogen-bond donors (Lipinski definition) is 0. The number of anilines is 1. The van der Waals surface area contributed by atoms with Crippen LogP contribution in [0.5, 0.6) is 0 Å². The van der Waals surface area contributed by atoms with E-state index in [-0.39, 0.29) is 6.03 Å². The second-order valence-electron chi connectivity index (χ2n) is 8.51. The molecule has 2 saturated heterocycles. The molecule has 3 aromatic rings. The second kappa shape index (κ2) is 8.29. The molecule has 166 valence electrons. The second-order valence-corrected chi connectivity index (χ2v) is 9.59. The Balaban J connectivity index is 1.30. The third-order valence-electron chi connectivity index (χ3n) is 6.60. The largest absolute Gasteiger partial charge is 0.378 e. The quantitative estimate of drug-likeness (QED) is 0.598. The van der Waals surface area contributed by atoms with Crippen LogP contribution in [0.3, 0.4) is 0 Å². The maximum atomic E-state index is 12.9. The Bertz CT molecular complexity index is 1140. The highest BCUT2D eigenvalue weighted by Gasteiger charge is 2.30. The lowest BCUT2D eigenvalue weighted by Gasteiger charge is -2.39. The van der Waals surface area contributed by atoms with Crippen LogP contribution in [0, 0.1) is 0 Å². The molecule has 0 unspecified atom stereocenters. The van der Waals surface area contributed by atoms with Crippen molar-refractivity contribution in [3.63, 3.8) is 0 Å². The first kappa shape index (κ1) is 19.9. The van der Waals surface area contributed by atoms with Gasteiger partial charge in [0.05, 0.1) is 18.6 Å². The molecule has 2 fully saturated rings. The maximum absolute atomic E-state index is 12.9.